The summed E-state index contributed by atoms with van der Waals surface area (Å²) in [5.74, 6) is -0.0646. The molecule has 0 aliphatic rings. The summed E-state index contributed by atoms with van der Waals surface area (Å²) in [7, 11) is 1.51. The zero-order valence-electron chi connectivity index (χ0n) is 13.5. The molecular formula is C18H13F3N2O3. The molecule has 3 aromatic rings. The first-order chi connectivity index (χ1) is 12.3. The highest BCUT2D eigenvalue weighted by atomic mass is 19.4. The monoisotopic (exact) mass is 362 g/mol. The van der Waals surface area contributed by atoms with Crippen molar-refractivity contribution in [3.05, 3.63) is 70.0 Å². The molecule has 2 aromatic carbocycles. The highest BCUT2D eigenvalue weighted by molar-refractivity contribution is 6.05. The second-order valence-electron chi connectivity index (χ2n) is 5.47. The maximum absolute atomic E-state index is 12.8. The maximum atomic E-state index is 12.8. The number of fused-ring (bicyclic) bond motifs is 1. The zero-order valence-corrected chi connectivity index (χ0v) is 13.5. The number of halogens is 3. The number of hydrogen-bond acceptors (Lipinski definition) is 3. The van der Waals surface area contributed by atoms with Gasteiger partial charge in [-0.15, -0.1) is 0 Å². The van der Waals surface area contributed by atoms with Gasteiger partial charge in [-0.05, 0) is 42.5 Å². The minimum Gasteiger partial charge on any atom is -0.497 e. The molecule has 0 saturated heterocycles. The smallest absolute Gasteiger partial charge is 0.416 e. The number of pyridine rings is 1. The molecule has 3 rings (SSSR count). The molecule has 1 heterocycles. The fourth-order valence-corrected chi connectivity index (χ4v) is 2.44. The Bertz CT molecular complexity index is 1020. The summed E-state index contributed by atoms with van der Waals surface area (Å²) < 4.78 is 43.3. The number of hydrogen-bond donors (Lipinski definition) is 2. The molecule has 1 aromatic heterocycles. The fourth-order valence-electron chi connectivity index (χ4n) is 2.44. The van der Waals surface area contributed by atoms with Crippen LogP contribution in [0.2, 0.25) is 0 Å². The number of benzene rings is 2. The number of rotatable bonds is 3. The third-order valence-electron chi connectivity index (χ3n) is 3.80. The van der Waals surface area contributed by atoms with Crippen LogP contribution in [0.15, 0.2) is 53.5 Å². The largest absolute Gasteiger partial charge is 0.497 e. The fraction of sp³-hybridized carbons (Fsp3) is 0.111. The first-order valence-electron chi connectivity index (χ1n) is 7.47. The van der Waals surface area contributed by atoms with Gasteiger partial charge in [0, 0.05) is 22.8 Å². The van der Waals surface area contributed by atoms with Gasteiger partial charge in [0.25, 0.3) is 5.91 Å². The van der Waals surface area contributed by atoms with Crippen LogP contribution in [0.25, 0.3) is 10.9 Å². The molecule has 8 heteroatoms. The van der Waals surface area contributed by atoms with E-state index in [0.29, 0.717) is 11.4 Å². The van der Waals surface area contributed by atoms with E-state index in [1.807, 2.05) is 0 Å². The first-order valence-corrected chi connectivity index (χ1v) is 7.47. The minimum absolute atomic E-state index is 0.000353. The van der Waals surface area contributed by atoms with Crippen LogP contribution in [0.4, 0.5) is 18.9 Å². The number of nitrogens with one attached hydrogen (secondary N) is 2. The van der Waals surface area contributed by atoms with Gasteiger partial charge < -0.3 is 15.0 Å². The van der Waals surface area contributed by atoms with Crippen molar-refractivity contribution in [2.24, 2.45) is 0 Å². The van der Waals surface area contributed by atoms with Crippen molar-refractivity contribution in [2.75, 3.05) is 12.4 Å². The second-order valence-corrected chi connectivity index (χ2v) is 5.47. The number of aromatic nitrogens is 1. The first kappa shape index (κ1) is 17.5. The minimum atomic E-state index is -4.52. The summed E-state index contributed by atoms with van der Waals surface area (Å²) in [4.78, 5) is 27.3. The molecule has 5 nitrogen and oxygen atoms in total. The normalized spacial score (nSPS) is 11.4. The van der Waals surface area contributed by atoms with E-state index < -0.39 is 23.1 Å². The Morgan fingerprint density at radius 2 is 1.81 bits per heavy atom. The van der Waals surface area contributed by atoms with E-state index in [9.17, 15) is 22.8 Å². The van der Waals surface area contributed by atoms with Crippen LogP contribution >= 0.6 is 0 Å². The number of amides is 1. The molecule has 1 amide bonds. The lowest BCUT2D eigenvalue weighted by Crippen LogP contribution is -2.22. The van der Waals surface area contributed by atoms with Gasteiger partial charge in [-0.25, -0.2) is 0 Å². The summed E-state index contributed by atoms with van der Waals surface area (Å²) in [5.41, 5.74) is -1.28. The number of anilines is 1. The van der Waals surface area contributed by atoms with Crippen LogP contribution in [-0.2, 0) is 6.18 Å². The number of methoxy groups -OCH3 is 1. The Morgan fingerprint density at radius 3 is 2.42 bits per heavy atom. The number of aromatic amines is 1. The van der Waals surface area contributed by atoms with Crippen molar-refractivity contribution in [1.29, 1.82) is 0 Å². The van der Waals surface area contributed by atoms with Crippen molar-refractivity contribution in [1.82, 2.24) is 4.98 Å². The van der Waals surface area contributed by atoms with E-state index in [2.05, 4.69) is 10.3 Å². The summed E-state index contributed by atoms with van der Waals surface area (Å²) >= 11 is 0. The summed E-state index contributed by atoms with van der Waals surface area (Å²) in [6.07, 6.45) is -3.42. The van der Waals surface area contributed by atoms with Gasteiger partial charge in [-0.1, -0.05) is 0 Å². The Hall–Kier alpha value is -3.29. The van der Waals surface area contributed by atoms with Gasteiger partial charge in [-0.3, -0.25) is 9.59 Å². The molecule has 134 valence electrons. The van der Waals surface area contributed by atoms with Gasteiger partial charge in [0.05, 0.1) is 12.7 Å². The maximum Gasteiger partial charge on any atom is 0.416 e. The van der Waals surface area contributed by atoms with E-state index in [0.717, 1.165) is 24.4 Å². The lowest BCUT2D eigenvalue weighted by molar-refractivity contribution is -0.137. The molecule has 0 aliphatic carbocycles. The molecule has 0 bridgehead atoms. The zero-order chi connectivity index (χ0) is 18.9. The Kier molecular flexibility index (Phi) is 4.41. The van der Waals surface area contributed by atoms with Crippen LogP contribution in [0.3, 0.4) is 0 Å². The second kappa shape index (κ2) is 6.55. The van der Waals surface area contributed by atoms with E-state index in [1.54, 1.807) is 24.3 Å². The average Bonchev–Trinajstić information content (AvgIpc) is 2.61. The van der Waals surface area contributed by atoms with Gasteiger partial charge in [0.1, 0.15) is 11.3 Å². The molecule has 0 unspecified atom stereocenters. The summed E-state index contributed by atoms with van der Waals surface area (Å²) in [6, 6.07) is 9.17. The van der Waals surface area contributed by atoms with Crippen LogP contribution in [0.1, 0.15) is 15.9 Å². The molecule has 0 radical (unpaired) electrons. The van der Waals surface area contributed by atoms with Crippen molar-refractivity contribution in [3.8, 4) is 5.75 Å². The number of H-pyrrole nitrogens is 1. The SMILES string of the molecule is COc1ccc(NC(=O)c2c[nH]c3cc(C(F)(F)F)ccc3c2=O)cc1. The quantitative estimate of drug-likeness (QED) is 0.744. The molecular weight excluding hydrogens is 349 g/mol. The highest BCUT2D eigenvalue weighted by Crippen LogP contribution is 2.30. The van der Waals surface area contributed by atoms with Gasteiger partial charge in [0.15, 0.2) is 0 Å². The summed E-state index contributed by atoms with van der Waals surface area (Å²) in [6.45, 7) is 0. The van der Waals surface area contributed by atoms with Crippen LogP contribution in [0, 0.1) is 0 Å². The average molecular weight is 362 g/mol. The third kappa shape index (κ3) is 3.39. The predicted octanol–water partition coefficient (Wildman–Crippen LogP) is 3.81. The Balaban J connectivity index is 1.93. The van der Waals surface area contributed by atoms with Crippen LogP contribution in [-0.4, -0.2) is 18.0 Å². The van der Waals surface area contributed by atoms with Crippen molar-refractivity contribution in [3.63, 3.8) is 0 Å². The molecule has 0 saturated carbocycles. The van der Waals surface area contributed by atoms with Gasteiger partial charge in [0.2, 0.25) is 5.43 Å². The molecule has 0 atom stereocenters. The molecule has 2 N–H and O–H groups in total. The number of carbonyl (C=O) groups is 1. The molecule has 0 spiro atoms. The van der Waals surface area contributed by atoms with E-state index in [-0.39, 0.29) is 16.5 Å². The van der Waals surface area contributed by atoms with E-state index in [1.165, 1.54) is 7.11 Å². The highest BCUT2D eigenvalue weighted by Gasteiger charge is 2.30. The lowest BCUT2D eigenvalue weighted by Gasteiger charge is -2.09. The van der Waals surface area contributed by atoms with Crippen molar-refractivity contribution in [2.45, 2.75) is 6.18 Å². The lowest BCUT2D eigenvalue weighted by atomic mass is 10.1. The molecule has 0 aliphatic heterocycles. The van der Waals surface area contributed by atoms with E-state index >= 15 is 0 Å². The number of alkyl halides is 3. The molecule has 26 heavy (non-hydrogen) atoms. The van der Waals surface area contributed by atoms with Crippen molar-refractivity contribution >= 4 is 22.5 Å². The third-order valence-corrected chi connectivity index (χ3v) is 3.80. The topological polar surface area (TPSA) is 71.2 Å². The van der Waals surface area contributed by atoms with Crippen LogP contribution < -0.4 is 15.5 Å². The number of ether oxygens (including phenoxy) is 1. The van der Waals surface area contributed by atoms with Gasteiger partial charge in [-0.2, -0.15) is 13.2 Å². The summed E-state index contributed by atoms with van der Waals surface area (Å²) in [5, 5.41) is 2.56. The predicted molar refractivity (Wildman–Crippen MR) is 90.5 cm³/mol. The standard InChI is InChI=1S/C18H13F3N2O3/c1-26-12-5-3-11(4-6-12)23-17(25)14-9-22-15-8-10(18(19,20)21)2-7-13(15)16(14)24/h2-9H,1H3,(H,22,24)(H,23,25). The van der Waals surface area contributed by atoms with Gasteiger partial charge >= 0.3 is 6.18 Å². The Labute approximate surface area is 145 Å². The van der Waals surface area contributed by atoms with Crippen LogP contribution in [0.5, 0.6) is 5.75 Å². The van der Waals surface area contributed by atoms with E-state index in [4.69, 9.17) is 4.74 Å². The number of carbonyl (C=O) groups excluding carboxylic acids is 1. The van der Waals surface area contributed by atoms with Crippen molar-refractivity contribution < 1.29 is 22.7 Å². The molecule has 0 fully saturated rings. The Morgan fingerprint density at radius 1 is 1.12 bits per heavy atom.